The summed E-state index contributed by atoms with van der Waals surface area (Å²) in [6.45, 7) is 4.77. The van der Waals surface area contributed by atoms with E-state index in [4.69, 9.17) is 0 Å². The number of aromatic nitrogens is 2. The fourth-order valence-corrected chi connectivity index (χ4v) is 4.38. The number of nitrogens with zero attached hydrogens (tertiary/aromatic N) is 2. The third kappa shape index (κ3) is 5.32. The van der Waals surface area contributed by atoms with Crippen molar-refractivity contribution in [3.8, 4) is 0 Å². The van der Waals surface area contributed by atoms with Gasteiger partial charge in [-0.3, -0.25) is 14.3 Å². The third-order valence-corrected chi connectivity index (χ3v) is 5.96. The van der Waals surface area contributed by atoms with Gasteiger partial charge in [-0.05, 0) is 63.5 Å². The summed E-state index contributed by atoms with van der Waals surface area (Å²) in [6, 6.07) is 5.89. The Kier molecular flexibility index (Phi) is 7.03. The first-order chi connectivity index (χ1) is 13.5. The summed E-state index contributed by atoms with van der Waals surface area (Å²) in [7, 11) is 0. The van der Waals surface area contributed by atoms with E-state index in [2.05, 4.69) is 21.8 Å². The maximum Gasteiger partial charge on any atom is 0.309 e. The van der Waals surface area contributed by atoms with Crippen molar-refractivity contribution in [1.82, 2.24) is 20.4 Å². The molecule has 3 rings (SSSR count). The van der Waals surface area contributed by atoms with Crippen LogP contribution in [0.1, 0.15) is 54.4 Å². The largest absolute Gasteiger partial charge is 0.348 e. The van der Waals surface area contributed by atoms with Gasteiger partial charge in [0.1, 0.15) is 6.04 Å². The van der Waals surface area contributed by atoms with Gasteiger partial charge in [0, 0.05) is 23.7 Å². The highest BCUT2D eigenvalue weighted by Gasteiger charge is 2.21. The maximum absolute atomic E-state index is 12.3. The predicted molar refractivity (Wildman–Crippen MR) is 111 cm³/mol. The Hall–Kier alpha value is -2.41. The molecule has 0 unspecified atom stereocenters. The smallest absolute Gasteiger partial charge is 0.309 e. The molecular weight excluding hydrogens is 372 g/mol. The van der Waals surface area contributed by atoms with Crippen molar-refractivity contribution in [3.05, 3.63) is 51.5 Å². The molecule has 0 aliphatic heterocycles. The van der Waals surface area contributed by atoms with Gasteiger partial charge in [0.2, 0.25) is 0 Å². The summed E-state index contributed by atoms with van der Waals surface area (Å²) < 4.78 is 1.91. The summed E-state index contributed by atoms with van der Waals surface area (Å²) in [4.78, 5) is 25.5. The van der Waals surface area contributed by atoms with Crippen molar-refractivity contribution in [2.24, 2.45) is 0 Å². The molecule has 0 spiro atoms. The minimum atomic E-state index is -0.597. The van der Waals surface area contributed by atoms with Crippen molar-refractivity contribution < 1.29 is 9.59 Å². The van der Waals surface area contributed by atoms with E-state index in [9.17, 15) is 9.59 Å². The Labute approximate surface area is 170 Å². The van der Waals surface area contributed by atoms with E-state index in [1.165, 1.54) is 18.4 Å². The zero-order valence-corrected chi connectivity index (χ0v) is 17.3. The molecule has 7 heteroatoms. The van der Waals surface area contributed by atoms with Crippen molar-refractivity contribution in [1.29, 1.82) is 0 Å². The monoisotopic (exact) mass is 400 g/mol. The van der Waals surface area contributed by atoms with Crippen LogP contribution in [0.3, 0.4) is 0 Å². The first kappa shape index (κ1) is 20.3. The number of amides is 2. The quantitative estimate of drug-likeness (QED) is 0.553. The molecule has 0 radical (unpaired) electrons. The first-order valence-corrected chi connectivity index (χ1v) is 10.7. The normalized spacial score (nSPS) is 15.0. The highest BCUT2D eigenvalue weighted by Crippen LogP contribution is 2.24. The number of hydrogen-bond donors (Lipinski definition) is 2. The molecule has 0 saturated heterocycles. The summed E-state index contributed by atoms with van der Waals surface area (Å²) in [5.74, 6) is -1.17. The fraction of sp³-hybridized carbons (Fsp3) is 0.476. The van der Waals surface area contributed by atoms with Gasteiger partial charge in [-0.15, -0.1) is 11.3 Å². The van der Waals surface area contributed by atoms with Crippen LogP contribution in [-0.2, 0) is 9.59 Å². The highest BCUT2D eigenvalue weighted by atomic mass is 32.1. The average molecular weight is 401 g/mol. The summed E-state index contributed by atoms with van der Waals surface area (Å²) in [6.07, 6.45) is 7.78. The highest BCUT2D eigenvalue weighted by molar-refractivity contribution is 7.10. The Balaban J connectivity index is 1.54. The van der Waals surface area contributed by atoms with Crippen LogP contribution < -0.4 is 10.6 Å². The second-order valence-electron chi connectivity index (χ2n) is 7.23. The van der Waals surface area contributed by atoms with Crippen molar-refractivity contribution in [2.75, 3.05) is 13.1 Å². The zero-order valence-electron chi connectivity index (χ0n) is 16.5. The zero-order chi connectivity index (χ0) is 19.9. The first-order valence-electron chi connectivity index (χ1n) is 9.84. The lowest BCUT2D eigenvalue weighted by atomic mass is 9.97. The molecule has 0 saturated carbocycles. The van der Waals surface area contributed by atoms with E-state index >= 15 is 0 Å². The van der Waals surface area contributed by atoms with Crippen molar-refractivity contribution >= 4 is 23.2 Å². The molecule has 150 valence electrons. The summed E-state index contributed by atoms with van der Waals surface area (Å²) >= 11 is 1.61. The molecule has 0 fully saturated rings. The molecule has 28 heavy (non-hydrogen) atoms. The average Bonchev–Trinajstić information content (AvgIpc) is 3.33. The summed E-state index contributed by atoms with van der Waals surface area (Å²) in [5.41, 5.74) is 3.34. The van der Waals surface area contributed by atoms with Gasteiger partial charge in [-0.2, -0.15) is 5.10 Å². The predicted octanol–water partition coefficient (Wildman–Crippen LogP) is 3.27. The van der Waals surface area contributed by atoms with Gasteiger partial charge in [0.05, 0.1) is 5.69 Å². The molecule has 2 heterocycles. The maximum atomic E-state index is 12.3. The number of allylic oxidation sites excluding steroid dienone is 1. The third-order valence-electron chi connectivity index (χ3n) is 4.99. The van der Waals surface area contributed by atoms with E-state index in [0.717, 1.165) is 35.5 Å². The van der Waals surface area contributed by atoms with Gasteiger partial charge in [-0.1, -0.05) is 17.7 Å². The molecule has 1 atom stereocenters. The van der Waals surface area contributed by atoms with Crippen LogP contribution in [0.5, 0.6) is 0 Å². The van der Waals surface area contributed by atoms with Gasteiger partial charge < -0.3 is 10.6 Å². The number of rotatable bonds is 7. The number of carbonyl (C=O) groups excluding carboxylic acids is 2. The number of aryl methyl sites for hydroxylation is 2. The van der Waals surface area contributed by atoms with Gasteiger partial charge in [-0.25, -0.2) is 0 Å². The summed E-state index contributed by atoms with van der Waals surface area (Å²) in [5, 5.41) is 12.1. The molecule has 2 aromatic rings. The molecule has 1 aliphatic rings. The topological polar surface area (TPSA) is 76.0 Å². The van der Waals surface area contributed by atoms with Crippen LogP contribution in [0.25, 0.3) is 0 Å². The van der Waals surface area contributed by atoms with Gasteiger partial charge in [0.15, 0.2) is 0 Å². The molecule has 1 aliphatic carbocycles. The van der Waals surface area contributed by atoms with Crippen LogP contribution in [-0.4, -0.2) is 34.7 Å². The minimum Gasteiger partial charge on any atom is -0.348 e. The number of nitrogens with one attached hydrogen (secondary N) is 2. The fourth-order valence-electron chi connectivity index (χ4n) is 3.57. The molecule has 0 aromatic carbocycles. The van der Waals surface area contributed by atoms with E-state index in [1.54, 1.807) is 11.3 Å². The standard InChI is InChI=1S/C21H28N4O2S/c1-15-13-16(2)25(24-15)18(19-9-6-12-28-19)14-23-21(27)20(26)22-11-10-17-7-4-3-5-8-17/h6-7,9,12-13,18H,3-5,8,10-11,14H2,1-2H3,(H,22,26)(H,23,27)/t18-/m1/s1. The number of thiophene rings is 1. The van der Waals surface area contributed by atoms with Crippen LogP contribution in [0.4, 0.5) is 0 Å². The lowest BCUT2D eigenvalue weighted by Crippen LogP contribution is -2.42. The lowest BCUT2D eigenvalue weighted by molar-refractivity contribution is -0.139. The SMILES string of the molecule is Cc1cc(C)n([C@H](CNC(=O)C(=O)NCCC2=CCCCC2)c2cccs2)n1. The van der Waals surface area contributed by atoms with Crippen molar-refractivity contribution in [2.45, 2.75) is 52.0 Å². The second kappa shape index (κ2) is 9.68. The van der Waals surface area contributed by atoms with E-state index in [1.807, 2.05) is 42.1 Å². The molecular formula is C21H28N4O2S. The van der Waals surface area contributed by atoms with E-state index in [0.29, 0.717) is 13.1 Å². The van der Waals surface area contributed by atoms with Crippen LogP contribution >= 0.6 is 11.3 Å². The molecule has 0 bridgehead atoms. The molecule has 6 nitrogen and oxygen atoms in total. The number of hydrogen-bond acceptors (Lipinski definition) is 4. The second-order valence-corrected chi connectivity index (χ2v) is 8.21. The minimum absolute atomic E-state index is 0.127. The molecule has 2 N–H and O–H groups in total. The Bertz CT molecular complexity index is 839. The number of carbonyl (C=O) groups is 2. The van der Waals surface area contributed by atoms with Gasteiger partial charge in [0.25, 0.3) is 0 Å². The Morgan fingerprint density at radius 1 is 1.25 bits per heavy atom. The van der Waals surface area contributed by atoms with Gasteiger partial charge >= 0.3 is 11.8 Å². The van der Waals surface area contributed by atoms with E-state index < -0.39 is 11.8 Å². The molecule has 2 amide bonds. The van der Waals surface area contributed by atoms with Crippen LogP contribution in [0, 0.1) is 13.8 Å². The molecule has 2 aromatic heterocycles. The Morgan fingerprint density at radius 3 is 2.71 bits per heavy atom. The van der Waals surface area contributed by atoms with Crippen molar-refractivity contribution in [3.63, 3.8) is 0 Å². The van der Waals surface area contributed by atoms with Crippen LogP contribution in [0.2, 0.25) is 0 Å². The van der Waals surface area contributed by atoms with Crippen LogP contribution in [0.15, 0.2) is 35.2 Å². The lowest BCUT2D eigenvalue weighted by Gasteiger charge is -2.19. The van der Waals surface area contributed by atoms with E-state index in [-0.39, 0.29) is 6.04 Å². The Morgan fingerprint density at radius 2 is 2.07 bits per heavy atom.